The molecule has 1 N–H and O–H groups in total. The topological polar surface area (TPSA) is 49.4 Å². The second kappa shape index (κ2) is 13.6. The van der Waals surface area contributed by atoms with Crippen molar-refractivity contribution in [1.29, 1.82) is 0 Å². The summed E-state index contributed by atoms with van der Waals surface area (Å²) in [4.78, 5) is 28.6. The predicted octanol–water partition coefficient (Wildman–Crippen LogP) is 6.39. The Bertz CT molecular complexity index is 1090. The van der Waals surface area contributed by atoms with E-state index in [1.54, 1.807) is 23.1 Å². The van der Waals surface area contributed by atoms with Crippen LogP contribution in [0.15, 0.2) is 78.9 Å². The number of rotatable bonds is 11. The minimum atomic E-state index is -0.711. The number of halogens is 2. The monoisotopic (exact) mass is 528 g/mol. The maximum atomic E-state index is 13.6. The van der Waals surface area contributed by atoms with Crippen molar-refractivity contribution in [2.75, 3.05) is 5.75 Å². The Morgan fingerprint density at radius 1 is 0.857 bits per heavy atom. The molecular weight excluding hydrogens is 499 g/mol. The summed E-state index contributed by atoms with van der Waals surface area (Å²) in [5.74, 6) is 0.599. The molecule has 0 aliphatic heterocycles. The third-order valence-electron chi connectivity index (χ3n) is 5.43. The molecule has 0 saturated carbocycles. The van der Waals surface area contributed by atoms with E-state index in [9.17, 15) is 9.59 Å². The second-order valence-electron chi connectivity index (χ2n) is 8.57. The van der Waals surface area contributed by atoms with E-state index in [4.69, 9.17) is 23.2 Å². The summed E-state index contributed by atoms with van der Waals surface area (Å²) in [5.41, 5.74) is 2.74. The van der Waals surface area contributed by atoms with Crippen LogP contribution in [0.5, 0.6) is 0 Å². The van der Waals surface area contributed by atoms with Crippen molar-refractivity contribution >= 4 is 46.8 Å². The minimum absolute atomic E-state index is 0.0610. The van der Waals surface area contributed by atoms with Gasteiger partial charge < -0.3 is 10.2 Å². The summed E-state index contributed by atoms with van der Waals surface area (Å²) < 4.78 is 0. The van der Waals surface area contributed by atoms with Crippen LogP contribution in [-0.4, -0.2) is 34.6 Å². The molecule has 0 aliphatic rings. The molecule has 3 aromatic rings. The molecule has 2 amide bonds. The van der Waals surface area contributed by atoms with Gasteiger partial charge in [0, 0.05) is 40.4 Å². The van der Waals surface area contributed by atoms with Crippen LogP contribution in [0.2, 0.25) is 10.0 Å². The van der Waals surface area contributed by atoms with Gasteiger partial charge in [0.15, 0.2) is 0 Å². The molecule has 0 aliphatic carbocycles. The van der Waals surface area contributed by atoms with Crippen LogP contribution in [0.3, 0.4) is 0 Å². The van der Waals surface area contributed by atoms with Gasteiger partial charge in [-0.05, 0) is 37.1 Å². The van der Waals surface area contributed by atoms with Crippen LogP contribution < -0.4 is 5.32 Å². The van der Waals surface area contributed by atoms with Crippen LogP contribution in [0.25, 0.3) is 0 Å². The molecule has 0 heterocycles. The van der Waals surface area contributed by atoms with E-state index in [2.05, 4.69) is 5.32 Å². The largest absolute Gasteiger partial charge is 0.352 e. The van der Waals surface area contributed by atoms with Crippen LogP contribution in [0.1, 0.15) is 30.5 Å². The van der Waals surface area contributed by atoms with Gasteiger partial charge in [-0.25, -0.2) is 0 Å². The number of carbonyl (C=O) groups is 2. The van der Waals surface area contributed by atoms with Gasteiger partial charge in [0.05, 0.1) is 5.75 Å². The molecule has 184 valence electrons. The van der Waals surface area contributed by atoms with E-state index < -0.39 is 6.04 Å². The third kappa shape index (κ3) is 8.31. The Morgan fingerprint density at radius 2 is 1.43 bits per heavy atom. The number of amides is 2. The number of nitrogens with one attached hydrogen (secondary N) is 1. The van der Waals surface area contributed by atoms with Gasteiger partial charge in [-0.3, -0.25) is 9.59 Å². The lowest BCUT2D eigenvalue weighted by atomic mass is 10.0. The van der Waals surface area contributed by atoms with Gasteiger partial charge in [-0.2, -0.15) is 0 Å². The van der Waals surface area contributed by atoms with Gasteiger partial charge in [0.25, 0.3) is 0 Å². The first-order chi connectivity index (χ1) is 16.8. The van der Waals surface area contributed by atoms with Crippen molar-refractivity contribution in [3.05, 3.63) is 106 Å². The number of thioether (sulfide) groups is 1. The average molecular weight is 530 g/mol. The number of hydrogen-bond donors (Lipinski definition) is 1. The van der Waals surface area contributed by atoms with E-state index in [1.165, 1.54) is 11.8 Å². The van der Waals surface area contributed by atoms with Gasteiger partial charge in [0.2, 0.25) is 11.8 Å². The Kier molecular flexibility index (Phi) is 10.5. The summed E-state index contributed by atoms with van der Waals surface area (Å²) >= 11 is 14.4. The zero-order valence-electron chi connectivity index (χ0n) is 19.9. The fourth-order valence-electron chi connectivity index (χ4n) is 3.70. The molecule has 7 heteroatoms. The summed E-state index contributed by atoms with van der Waals surface area (Å²) in [7, 11) is 0. The number of carbonyl (C=O) groups excluding carboxylic acids is 2. The maximum absolute atomic E-state index is 13.6. The Balaban J connectivity index is 1.90. The predicted molar refractivity (Wildman–Crippen MR) is 147 cm³/mol. The summed E-state index contributed by atoms with van der Waals surface area (Å²) in [6.07, 6.45) is 0.385. The maximum Gasteiger partial charge on any atom is 0.243 e. The van der Waals surface area contributed by atoms with Gasteiger partial charge >= 0.3 is 0 Å². The Labute approximate surface area is 222 Å². The van der Waals surface area contributed by atoms with Crippen LogP contribution >= 0.6 is 35.0 Å². The van der Waals surface area contributed by atoms with Gasteiger partial charge in [0.1, 0.15) is 6.04 Å². The lowest BCUT2D eigenvalue weighted by Gasteiger charge is -2.32. The highest BCUT2D eigenvalue weighted by molar-refractivity contribution is 7.99. The molecule has 0 spiro atoms. The Hall–Kier alpha value is -2.47. The minimum Gasteiger partial charge on any atom is -0.352 e. The zero-order valence-corrected chi connectivity index (χ0v) is 22.2. The van der Waals surface area contributed by atoms with E-state index in [-0.39, 0.29) is 30.2 Å². The highest BCUT2D eigenvalue weighted by atomic mass is 35.5. The molecule has 0 unspecified atom stereocenters. The number of benzene rings is 3. The van der Waals surface area contributed by atoms with Crippen molar-refractivity contribution in [1.82, 2.24) is 10.2 Å². The first-order valence-electron chi connectivity index (χ1n) is 11.5. The van der Waals surface area contributed by atoms with Crippen LogP contribution in [-0.2, 0) is 28.3 Å². The molecule has 0 aromatic heterocycles. The highest BCUT2D eigenvalue weighted by Crippen LogP contribution is 2.28. The van der Waals surface area contributed by atoms with Gasteiger partial charge in [-0.1, -0.05) is 89.9 Å². The van der Waals surface area contributed by atoms with E-state index in [0.717, 1.165) is 11.1 Å². The fourth-order valence-corrected chi connectivity index (χ4v) is 5.09. The lowest BCUT2D eigenvalue weighted by molar-refractivity contribution is -0.139. The van der Waals surface area contributed by atoms with Crippen molar-refractivity contribution in [2.45, 2.75) is 44.6 Å². The highest BCUT2D eigenvalue weighted by Gasteiger charge is 2.31. The number of nitrogens with zero attached hydrogens (tertiary/aromatic N) is 1. The molecule has 0 fully saturated rings. The molecule has 3 rings (SSSR count). The molecule has 35 heavy (non-hydrogen) atoms. The average Bonchev–Trinajstić information content (AvgIpc) is 2.83. The van der Waals surface area contributed by atoms with E-state index in [0.29, 0.717) is 27.8 Å². The molecule has 3 aromatic carbocycles. The smallest absolute Gasteiger partial charge is 0.243 e. The molecule has 0 bridgehead atoms. The lowest BCUT2D eigenvalue weighted by Crippen LogP contribution is -2.52. The standard InChI is InChI=1S/C28H30Cl2N2O2S/c1-20(2)31-28(34)26(16-21-10-5-3-6-11-21)32(17-23-24(29)14-9-15-25(23)30)27(33)19-35-18-22-12-7-4-8-13-22/h3-15,20,26H,16-19H2,1-2H3,(H,31,34)/t26-/m1/s1. The van der Waals surface area contributed by atoms with Crippen molar-refractivity contribution in [3.63, 3.8) is 0 Å². The van der Waals surface area contributed by atoms with E-state index in [1.807, 2.05) is 74.5 Å². The SMILES string of the molecule is CC(C)NC(=O)[C@@H](Cc1ccccc1)N(Cc1c(Cl)cccc1Cl)C(=O)CSCc1ccccc1. The van der Waals surface area contributed by atoms with Crippen LogP contribution in [0, 0.1) is 0 Å². The molecule has 1 atom stereocenters. The number of hydrogen-bond acceptors (Lipinski definition) is 3. The molecule has 0 saturated heterocycles. The molecular formula is C28H30Cl2N2O2S. The Morgan fingerprint density at radius 3 is 2.00 bits per heavy atom. The van der Waals surface area contributed by atoms with Crippen molar-refractivity contribution in [2.24, 2.45) is 0 Å². The third-order valence-corrected chi connectivity index (χ3v) is 7.13. The first kappa shape index (κ1) is 27.1. The molecule has 0 radical (unpaired) electrons. The van der Waals surface area contributed by atoms with E-state index >= 15 is 0 Å². The first-order valence-corrected chi connectivity index (χ1v) is 13.4. The summed E-state index contributed by atoms with van der Waals surface area (Å²) in [5, 5.41) is 3.92. The normalized spacial score (nSPS) is 11.8. The van der Waals surface area contributed by atoms with Gasteiger partial charge in [-0.15, -0.1) is 11.8 Å². The zero-order chi connectivity index (χ0) is 25.2. The second-order valence-corrected chi connectivity index (χ2v) is 10.4. The van der Waals surface area contributed by atoms with Crippen LogP contribution in [0.4, 0.5) is 0 Å². The summed E-state index contributed by atoms with van der Waals surface area (Å²) in [6, 6.07) is 24.2. The van der Waals surface area contributed by atoms with Crippen molar-refractivity contribution < 1.29 is 9.59 Å². The fraction of sp³-hybridized carbons (Fsp3) is 0.286. The quantitative estimate of drug-likeness (QED) is 0.313. The van der Waals surface area contributed by atoms with Crippen molar-refractivity contribution in [3.8, 4) is 0 Å². The summed E-state index contributed by atoms with van der Waals surface area (Å²) in [6.45, 7) is 3.96. The molecule has 4 nitrogen and oxygen atoms in total.